The molecule has 4 heteroatoms. The zero-order valence-corrected chi connectivity index (χ0v) is 11.8. The Balaban J connectivity index is 2.74. The lowest BCUT2D eigenvalue weighted by Crippen LogP contribution is -2.23. The molecule has 1 rings (SSSR count). The zero-order chi connectivity index (χ0) is 13.1. The predicted molar refractivity (Wildman–Crippen MR) is 68.8 cm³/mol. The van der Waals surface area contributed by atoms with Crippen LogP contribution in [0.5, 0.6) is 0 Å². The molecule has 0 atom stereocenters. The molecule has 1 aromatic rings. The van der Waals surface area contributed by atoms with Crippen LogP contribution in [0.25, 0.3) is 0 Å². The fourth-order valence-electron chi connectivity index (χ4n) is 1.36. The number of ketones is 1. The topological polar surface area (TPSA) is 26.3 Å². The summed E-state index contributed by atoms with van der Waals surface area (Å²) in [4.78, 5) is 11.9. The third kappa shape index (κ3) is 4.21. The molecule has 0 bridgehead atoms. The lowest BCUT2D eigenvalue weighted by molar-refractivity contribution is 0.0141. The normalized spacial score (nSPS) is 11.6. The van der Waals surface area contributed by atoms with Gasteiger partial charge in [-0.2, -0.15) is 0 Å². The van der Waals surface area contributed by atoms with E-state index < -0.39 is 5.82 Å². The molecule has 0 aliphatic heterocycles. The van der Waals surface area contributed by atoms with Gasteiger partial charge in [-0.15, -0.1) is 0 Å². The first-order valence-electron chi connectivity index (χ1n) is 5.39. The van der Waals surface area contributed by atoms with Gasteiger partial charge >= 0.3 is 0 Å². The van der Waals surface area contributed by atoms with Crippen molar-refractivity contribution < 1.29 is 13.9 Å². The molecule has 0 saturated carbocycles. The minimum atomic E-state index is -0.400. The summed E-state index contributed by atoms with van der Waals surface area (Å²) in [6.07, 6.45) is 0.939. The Hall–Kier alpha value is -0.740. The summed E-state index contributed by atoms with van der Waals surface area (Å²) in [6.45, 7) is 3.84. The Morgan fingerprint density at radius 3 is 2.71 bits per heavy atom. The van der Waals surface area contributed by atoms with Crippen LogP contribution in [-0.2, 0) is 4.74 Å². The van der Waals surface area contributed by atoms with Gasteiger partial charge in [-0.25, -0.2) is 4.39 Å². The van der Waals surface area contributed by atoms with Gasteiger partial charge in [0.2, 0.25) is 0 Å². The van der Waals surface area contributed by atoms with E-state index in [1.807, 2.05) is 13.8 Å². The summed E-state index contributed by atoms with van der Waals surface area (Å²) in [5.74, 6) is -0.482. The number of carbonyl (C=O) groups is 1. The quantitative estimate of drug-likeness (QED) is 0.769. The Morgan fingerprint density at radius 2 is 2.12 bits per heavy atom. The van der Waals surface area contributed by atoms with E-state index in [-0.39, 0.29) is 11.4 Å². The summed E-state index contributed by atoms with van der Waals surface area (Å²) >= 11 is 3.25. The smallest absolute Gasteiger partial charge is 0.164 e. The average molecular weight is 303 g/mol. The van der Waals surface area contributed by atoms with Crippen molar-refractivity contribution in [2.45, 2.75) is 32.3 Å². The van der Waals surface area contributed by atoms with Crippen molar-refractivity contribution in [1.29, 1.82) is 0 Å². The minimum Gasteiger partial charge on any atom is -0.379 e. The van der Waals surface area contributed by atoms with E-state index in [1.165, 1.54) is 12.1 Å². The molecule has 0 saturated heterocycles. The number of carbonyl (C=O) groups excluding carboxylic acids is 1. The van der Waals surface area contributed by atoms with Crippen LogP contribution in [0.1, 0.15) is 37.0 Å². The van der Waals surface area contributed by atoms with Crippen molar-refractivity contribution in [3.05, 3.63) is 34.1 Å². The molecule has 0 spiro atoms. The molecule has 0 aliphatic rings. The van der Waals surface area contributed by atoms with Gasteiger partial charge in [0.15, 0.2) is 5.78 Å². The third-order valence-electron chi connectivity index (χ3n) is 2.74. The highest BCUT2D eigenvalue weighted by Crippen LogP contribution is 2.22. The zero-order valence-electron chi connectivity index (χ0n) is 10.2. The van der Waals surface area contributed by atoms with Gasteiger partial charge in [0.25, 0.3) is 0 Å². The Labute approximate surface area is 109 Å². The van der Waals surface area contributed by atoms with Gasteiger partial charge in [0.1, 0.15) is 5.82 Å². The summed E-state index contributed by atoms with van der Waals surface area (Å²) in [6, 6.07) is 4.12. The molecular weight excluding hydrogens is 287 g/mol. The highest BCUT2D eigenvalue weighted by atomic mass is 79.9. The van der Waals surface area contributed by atoms with E-state index in [9.17, 15) is 9.18 Å². The van der Waals surface area contributed by atoms with Crippen LogP contribution in [-0.4, -0.2) is 18.5 Å². The van der Waals surface area contributed by atoms with Crippen LogP contribution in [0.15, 0.2) is 22.7 Å². The fraction of sp³-hybridized carbons (Fsp3) is 0.462. The number of benzene rings is 1. The average Bonchev–Trinajstić information content (AvgIpc) is 2.29. The monoisotopic (exact) mass is 302 g/mol. The molecule has 0 aliphatic carbocycles. The first-order valence-corrected chi connectivity index (χ1v) is 6.18. The van der Waals surface area contributed by atoms with Crippen molar-refractivity contribution >= 4 is 21.7 Å². The SMILES string of the molecule is COC(C)(C)CCC(=O)c1cc(F)ccc1Br. The van der Waals surface area contributed by atoms with E-state index >= 15 is 0 Å². The molecule has 0 radical (unpaired) electrons. The molecule has 0 unspecified atom stereocenters. The van der Waals surface area contributed by atoms with E-state index in [0.717, 1.165) is 0 Å². The van der Waals surface area contributed by atoms with Crippen LogP contribution in [0.4, 0.5) is 4.39 Å². The number of Topliss-reactive ketones (excluding diaryl/α,β-unsaturated/α-hetero) is 1. The molecule has 94 valence electrons. The van der Waals surface area contributed by atoms with Crippen LogP contribution in [0.3, 0.4) is 0 Å². The van der Waals surface area contributed by atoms with Crippen LogP contribution < -0.4 is 0 Å². The number of hydrogen-bond donors (Lipinski definition) is 0. The van der Waals surface area contributed by atoms with Crippen molar-refractivity contribution in [2.75, 3.05) is 7.11 Å². The summed E-state index contributed by atoms with van der Waals surface area (Å²) < 4.78 is 18.9. The van der Waals surface area contributed by atoms with E-state index in [2.05, 4.69) is 15.9 Å². The second-order valence-electron chi connectivity index (χ2n) is 4.51. The number of halogens is 2. The highest BCUT2D eigenvalue weighted by Gasteiger charge is 2.19. The van der Waals surface area contributed by atoms with Crippen LogP contribution >= 0.6 is 15.9 Å². The van der Waals surface area contributed by atoms with Gasteiger partial charge in [-0.05, 0) is 38.5 Å². The first-order chi connectivity index (χ1) is 7.85. The van der Waals surface area contributed by atoms with Crippen molar-refractivity contribution in [2.24, 2.45) is 0 Å². The van der Waals surface area contributed by atoms with E-state index in [1.54, 1.807) is 13.2 Å². The van der Waals surface area contributed by atoms with Gasteiger partial charge in [-0.1, -0.05) is 15.9 Å². The second-order valence-corrected chi connectivity index (χ2v) is 5.37. The van der Waals surface area contributed by atoms with Crippen LogP contribution in [0.2, 0.25) is 0 Å². The largest absolute Gasteiger partial charge is 0.379 e. The summed E-state index contributed by atoms with van der Waals surface area (Å²) in [7, 11) is 1.61. The van der Waals surface area contributed by atoms with Crippen molar-refractivity contribution in [3.8, 4) is 0 Å². The molecular formula is C13H16BrFO2. The van der Waals surface area contributed by atoms with Crippen molar-refractivity contribution in [3.63, 3.8) is 0 Å². The van der Waals surface area contributed by atoms with Gasteiger partial charge < -0.3 is 4.74 Å². The van der Waals surface area contributed by atoms with E-state index in [4.69, 9.17) is 4.74 Å². The number of rotatable bonds is 5. The molecule has 1 aromatic carbocycles. The lowest BCUT2D eigenvalue weighted by Gasteiger charge is -2.22. The summed E-state index contributed by atoms with van der Waals surface area (Å²) in [5, 5.41) is 0. The molecule has 0 fully saturated rings. The Morgan fingerprint density at radius 1 is 1.47 bits per heavy atom. The van der Waals surface area contributed by atoms with Crippen molar-refractivity contribution in [1.82, 2.24) is 0 Å². The van der Waals surface area contributed by atoms with E-state index in [0.29, 0.717) is 22.9 Å². The van der Waals surface area contributed by atoms with Crippen LogP contribution in [0, 0.1) is 5.82 Å². The maximum atomic E-state index is 13.1. The van der Waals surface area contributed by atoms with Gasteiger partial charge in [-0.3, -0.25) is 4.79 Å². The standard InChI is InChI=1S/C13H16BrFO2/c1-13(2,17-3)7-6-12(16)10-8-9(15)4-5-11(10)14/h4-5,8H,6-7H2,1-3H3. The maximum absolute atomic E-state index is 13.1. The lowest BCUT2D eigenvalue weighted by atomic mass is 9.98. The number of ether oxygens (including phenoxy) is 1. The third-order valence-corrected chi connectivity index (χ3v) is 3.43. The summed E-state index contributed by atoms with van der Waals surface area (Å²) in [5.41, 5.74) is 0.0482. The fourth-order valence-corrected chi connectivity index (χ4v) is 1.83. The Bertz CT molecular complexity index is 416. The Kier molecular flexibility index (Phi) is 4.83. The molecule has 0 amide bonds. The minimum absolute atomic E-state index is 0.0819. The highest BCUT2D eigenvalue weighted by molar-refractivity contribution is 9.10. The second kappa shape index (κ2) is 5.74. The molecule has 0 aromatic heterocycles. The molecule has 17 heavy (non-hydrogen) atoms. The molecule has 0 heterocycles. The molecule has 0 N–H and O–H groups in total. The molecule has 2 nitrogen and oxygen atoms in total. The van der Waals surface area contributed by atoms with Gasteiger partial charge in [0.05, 0.1) is 5.60 Å². The first kappa shape index (κ1) is 14.3. The maximum Gasteiger partial charge on any atom is 0.164 e. The van der Waals surface area contributed by atoms with Gasteiger partial charge in [0, 0.05) is 23.6 Å². The predicted octanol–water partition coefficient (Wildman–Crippen LogP) is 3.98. The number of hydrogen-bond acceptors (Lipinski definition) is 2. The number of methoxy groups -OCH3 is 1.